The van der Waals surface area contributed by atoms with Crippen LogP contribution in [0, 0.1) is 13.8 Å². The van der Waals surface area contributed by atoms with Gasteiger partial charge in [0.1, 0.15) is 0 Å². The lowest BCUT2D eigenvalue weighted by atomic mass is 9.97. The monoisotopic (exact) mass is 499 g/mol. The zero-order chi connectivity index (χ0) is 26.4. The minimum atomic E-state index is -1.04. The Balaban J connectivity index is 1.67. The molecule has 1 aliphatic heterocycles. The predicted molar refractivity (Wildman–Crippen MR) is 145 cm³/mol. The van der Waals surface area contributed by atoms with Crippen molar-refractivity contribution in [2.75, 3.05) is 11.5 Å². The molecule has 0 radical (unpaired) electrons. The second-order valence-corrected chi connectivity index (χ2v) is 9.32. The summed E-state index contributed by atoms with van der Waals surface area (Å²) in [6, 6.07) is 15.9. The predicted octanol–water partition coefficient (Wildman–Crippen LogP) is 6.52. The van der Waals surface area contributed by atoms with Crippen LogP contribution >= 0.6 is 0 Å². The molecular formula is C30H33N3O4. The zero-order valence-electron chi connectivity index (χ0n) is 21.6. The highest BCUT2D eigenvalue weighted by Crippen LogP contribution is 2.37. The summed E-state index contributed by atoms with van der Waals surface area (Å²) < 4.78 is 4.95. The van der Waals surface area contributed by atoms with Crippen molar-refractivity contribution in [3.63, 3.8) is 0 Å². The van der Waals surface area contributed by atoms with Gasteiger partial charge in [0.2, 0.25) is 0 Å². The summed E-state index contributed by atoms with van der Waals surface area (Å²) in [4.78, 5) is 35.3. The summed E-state index contributed by atoms with van der Waals surface area (Å²) in [5.74, 6) is 0.171. The summed E-state index contributed by atoms with van der Waals surface area (Å²) in [6.45, 7) is 6.22. The van der Waals surface area contributed by atoms with Crippen molar-refractivity contribution in [3.8, 4) is 22.5 Å². The molecule has 2 heterocycles. The first-order valence-electron chi connectivity index (χ1n) is 12.7. The number of aromatic nitrogens is 2. The normalized spacial score (nSPS) is 15.0. The number of hydrogen-bond donors (Lipinski definition) is 1. The van der Waals surface area contributed by atoms with Crippen LogP contribution in [0.4, 0.5) is 10.6 Å². The molecular weight excluding hydrogens is 466 g/mol. The smallest absolute Gasteiger partial charge is 0.413 e. The molecule has 0 saturated carbocycles. The molecule has 37 heavy (non-hydrogen) atoms. The number of allylic oxidation sites excluding steroid dienone is 1. The first-order chi connectivity index (χ1) is 17.9. The fourth-order valence-corrected chi connectivity index (χ4v) is 4.53. The molecule has 1 atom stereocenters. The van der Waals surface area contributed by atoms with Gasteiger partial charge in [-0.2, -0.15) is 0 Å². The quantitative estimate of drug-likeness (QED) is 0.280. The van der Waals surface area contributed by atoms with Crippen LogP contribution in [-0.2, 0) is 16.0 Å². The molecule has 0 aliphatic carbocycles. The van der Waals surface area contributed by atoms with Gasteiger partial charge >= 0.3 is 12.1 Å². The van der Waals surface area contributed by atoms with E-state index in [4.69, 9.17) is 14.7 Å². The number of fused-ring (bicyclic) bond motifs is 1. The van der Waals surface area contributed by atoms with E-state index in [2.05, 4.69) is 0 Å². The molecule has 3 aromatic rings. The number of amides is 1. The lowest BCUT2D eigenvalue weighted by molar-refractivity contribution is -0.143. The van der Waals surface area contributed by atoms with Crippen molar-refractivity contribution >= 4 is 17.9 Å². The molecule has 7 nitrogen and oxygen atoms in total. The Bertz CT molecular complexity index is 1280. The van der Waals surface area contributed by atoms with Crippen LogP contribution in [0.2, 0.25) is 0 Å². The van der Waals surface area contributed by atoms with Gasteiger partial charge in [0, 0.05) is 23.6 Å². The van der Waals surface area contributed by atoms with E-state index in [9.17, 15) is 14.7 Å². The highest BCUT2D eigenvalue weighted by atomic mass is 16.5. The number of carbonyl (C=O) groups excluding carboxylic acids is 1. The van der Waals surface area contributed by atoms with Gasteiger partial charge in [0.05, 0.1) is 23.7 Å². The van der Waals surface area contributed by atoms with E-state index in [0.717, 1.165) is 27.9 Å². The van der Waals surface area contributed by atoms with Gasteiger partial charge < -0.3 is 9.84 Å². The van der Waals surface area contributed by atoms with E-state index < -0.39 is 6.09 Å². The summed E-state index contributed by atoms with van der Waals surface area (Å²) in [5, 5.41) is 10.2. The Morgan fingerprint density at radius 2 is 1.57 bits per heavy atom. The first kappa shape index (κ1) is 26.1. The Kier molecular flexibility index (Phi) is 8.33. The van der Waals surface area contributed by atoms with Crippen molar-refractivity contribution in [2.45, 2.75) is 58.9 Å². The van der Waals surface area contributed by atoms with Crippen LogP contribution in [0.5, 0.6) is 0 Å². The molecule has 0 bridgehead atoms. The molecule has 1 aliphatic rings. The fourth-order valence-electron chi connectivity index (χ4n) is 4.53. The third-order valence-corrected chi connectivity index (χ3v) is 6.51. The Labute approximate surface area is 217 Å². The van der Waals surface area contributed by atoms with E-state index >= 15 is 0 Å². The number of ether oxygens (including phenoxy) is 1. The van der Waals surface area contributed by atoms with Crippen LogP contribution in [0.3, 0.4) is 0 Å². The zero-order valence-corrected chi connectivity index (χ0v) is 21.6. The van der Waals surface area contributed by atoms with Crippen LogP contribution in [0.25, 0.3) is 22.5 Å². The number of hydrogen-bond acceptors (Lipinski definition) is 5. The largest absolute Gasteiger partial charge is 0.466 e. The summed E-state index contributed by atoms with van der Waals surface area (Å²) in [6.07, 6.45) is 5.51. The molecule has 0 fully saturated rings. The average molecular weight is 500 g/mol. The molecule has 4 rings (SSSR count). The summed E-state index contributed by atoms with van der Waals surface area (Å²) in [5.41, 5.74) is 6.24. The van der Waals surface area contributed by atoms with Crippen molar-refractivity contribution in [3.05, 3.63) is 77.5 Å². The molecule has 1 unspecified atom stereocenters. The van der Waals surface area contributed by atoms with Crippen LogP contribution in [0.15, 0.2) is 60.7 Å². The maximum atomic E-state index is 12.4. The number of nitrogens with zero attached hydrogens (tertiary/aromatic N) is 3. The number of aryl methyl sites for hydroxylation is 3. The summed E-state index contributed by atoms with van der Waals surface area (Å²) >= 11 is 0. The van der Waals surface area contributed by atoms with Crippen molar-refractivity contribution in [2.24, 2.45) is 0 Å². The highest BCUT2D eigenvalue weighted by molar-refractivity contribution is 5.89. The maximum absolute atomic E-state index is 12.4. The maximum Gasteiger partial charge on any atom is 0.413 e. The van der Waals surface area contributed by atoms with E-state index in [1.54, 1.807) is 6.92 Å². The topological polar surface area (TPSA) is 92.6 Å². The summed E-state index contributed by atoms with van der Waals surface area (Å²) in [7, 11) is 0. The molecule has 1 N–H and O–H groups in total. The number of rotatable bonds is 8. The Morgan fingerprint density at radius 1 is 0.973 bits per heavy atom. The third-order valence-electron chi connectivity index (χ3n) is 6.51. The second kappa shape index (κ2) is 11.8. The standard InChI is InChI=1S/C30H33N3O4/c1-4-37-26(34)9-7-5-6-8-24-18-19-25-29(33(24)30(35)36)32-28(23-16-12-21(3)13-17-23)27(31-25)22-14-10-20(2)11-15-22/h5-6,10-17,24H,4,7-9,18-19H2,1-3H3,(H,35,36). The second-order valence-electron chi connectivity index (χ2n) is 9.32. The minimum absolute atomic E-state index is 0.228. The van der Waals surface area contributed by atoms with Crippen LogP contribution < -0.4 is 4.90 Å². The van der Waals surface area contributed by atoms with Crippen molar-refractivity contribution < 1.29 is 19.4 Å². The molecule has 7 heteroatoms. The van der Waals surface area contributed by atoms with E-state index in [-0.39, 0.29) is 12.0 Å². The van der Waals surface area contributed by atoms with Gasteiger partial charge in [-0.1, -0.05) is 71.8 Å². The van der Waals surface area contributed by atoms with Gasteiger partial charge in [-0.3, -0.25) is 9.69 Å². The van der Waals surface area contributed by atoms with Gasteiger partial charge in [0.25, 0.3) is 0 Å². The van der Waals surface area contributed by atoms with Crippen molar-refractivity contribution in [1.82, 2.24) is 9.97 Å². The van der Waals surface area contributed by atoms with Gasteiger partial charge in [0.15, 0.2) is 5.82 Å². The minimum Gasteiger partial charge on any atom is -0.466 e. The number of carboxylic acid groups (broad SMARTS) is 1. The fraction of sp³-hybridized carbons (Fsp3) is 0.333. The van der Waals surface area contributed by atoms with Gasteiger partial charge in [-0.05, 0) is 46.5 Å². The SMILES string of the molecule is CCOC(=O)CCC=CCC1CCc2nc(-c3ccc(C)cc3)c(-c3ccc(C)cc3)nc2N1C(=O)O. The van der Waals surface area contributed by atoms with Crippen LogP contribution in [-0.4, -0.2) is 39.8 Å². The molecule has 192 valence electrons. The average Bonchev–Trinajstić information content (AvgIpc) is 2.88. The molecule has 1 amide bonds. The van der Waals surface area contributed by atoms with Gasteiger partial charge in [-0.25, -0.2) is 14.8 Å². The van der Waals surface area contributed by atoms with Crippen LogP contribution in [0.1, 0.15) is 49.4 Å². The van der Waals surface area contributed by atoms with Gasteiger partial charge in [-0.15, -0.1) is 0 Å². The van der Waals surface area contributed by atoms with E-state index in [1.807, 2.05) is 74.5 Å². The van der Waals surface area contributed by atoms with E-state index in [1.165, 1.54) is 4.90 Å². The number of carbonyl (C=O) groups is 2. The Morgan fingerprint density at radius 3 is 2.14 bits per heavy atom. The number of benzene rings is 2. The third kappa shape index (κ3) is 6.23. The number of esters is 1. The lowest BCUT2D eigenvalue weighted by Crippen LogP contribution is -2.43. The highest BCUT2D eigenvalue weighted by Gasteiger charge is 2.34. The van der Waals surface area contributed by atoms with Crippen molar-refractivity contribution in [1.29, 1.82) is 0 Å². The lowest BCUT2D eigenvalue weighted by Gasteiger charge is -2.34. The van der Waals surface area contributed by atoms with E-state index in [0.29, 0.717) is 55.9 Å². The molecule has 0 spiro atoms. The molecule has 0 saturated heterocycles. The molecule has 2 aromatic carbocycles. The molecule has 1 aromatic heterocycles. The first-order valence-corrected chi connectivity index (χ1v) is 12.7. The number of anilines is 1. The Hall–Kier alpha value is -4.00.